The molecule has 1 saturated heterocycles. The molecule has 1 aromatic carbocycles. The van der Waals surface area contributed by atoms with Crippen LogP contribution in [0.15, 0.2) is 30.6 Å². The maximum atomic E-state index is 13.1. The molecule has 0 spiro atoms. The second kappa shape index (κ2) is 9.68. The highest BCUT2D eigenvalue weighted by molar-refractivity contribution is 6.28. The Kier molecular flexibility index (Phi) is 6.65. The zero-order chi connectivity index (χ0) is 23.8. The molecule has 1 saturated carbocycles. The fraction of sp³-hybridized carbons (Fsp3) is 0.500. The minimum atomic E-state index is -1.28. The van der Waals surface area contributed by atoms with Gasteiger partial charge in [-0.3, -0.25) is 4.57 Å². The predicted molar refractivity (Wildman–Crippen MR) is 120 cm³/mol. The van der Waals surface area contributed by atoms with Gasteiger partial charge < -0.3 is 30.1 Å². The first-order chi connectivity index (χ1) is 16.4. The van der Waals surface area contributed by atoms with E-state index in [1.807, 2.05) is 0 Å². The highest BCUT2D eigenvalue weighted by Gasteiger charge is 2.44. The molecule has 6 atom stereocenters. The fourth-order valence-electron chi connectivity index (χ4n) is 4.54. The van der Waals surface area contributed by atoms with E-state index in [1.54, 1.807) is 12.1 Å². The molecule has 2 aliphatic rings. The van der Waals surface area contributed by atoms with Gasteiger partial charge in [0.2, 0.25) is 5.28 Å². The van der Waals surface area contributed by atoms with E-state index in [1.165, 1.54) is 23.0 Å². The highest BCUT2D eigenvalue weighted by atomic mass is 35.5. The van der Waals surface area contributed by atoms with Crippen molar-refractivity contribution in [2.45, 2.75) is 62.6 Å². The molecule has 0 radical (unpaired) electrons. The lowest BCUT2D eigenvalue weighted by Gasteiger charge is -2.22. The highest BCUT2D eigenvalue weighted by Crippen LogP contribution is 2.34. The molecule has 2 fully saturated rings. The van der Waals surface area contributed by atoms with E-state index in [-0.39, 0.29) is 23.2 Å². The average Bonchev–Trinajstić information content (AvgIpc) is 3.52. The third kappa shape index (κ3) is 4.47. The van der Waals surface area contributed by atoms with Crippen molar-refractivity contribution in [3.8, 4) is 0 Å². The fourth-order valence-corrected chi connectivity index (χ4v) is 4.70. The number of benzene rings is 1. The first-order valence-corrected chi connectivity index (χ1v) is 11.5. The molecule has 0 amide bonds. The Balaban J connectivity index is 1.35. The molecule has 3 unspecified atom stereocenters. The molecule has 34 heavy (non-hydrogen) atoms. The molecule has 0 bridgehead atoms. The molecule has 4 N–H and O–H groups in total. The van der Waals surface area contributed by atoms with Crippen LogP contribution in [-0.2, 0) is 16.1 Å². The number of aliphatic hydroxyl groups is 3. The monoisotopic (exact) mass is 493 g/mol. The molecular weight excluding hydrogens is 469 g/mol. The first-order valence-electron chi connectivity index (χ1n) is 11.1. The maximum absolute atomic E-state index is 13.1. The Morgan fingerprint density at radius 2 is 1.97 bits per heavy atom. The number of fused-ring (bicyclic) bond motifs is 1. The lowest BCUT2D eigenvalue weighted by Crippen LogP contribution is -2.33. The van der Waals surface area contributed by atoms with Gasteiger partial charge in [-0.15, -0.1) is 0 Å². The summed E-state index contributed by atoms with van der Waals surface area (Å²) >= 11 is 6.20. The summed E-state index contributed by atoms with van der Waals surface area (Å²) in [6.07, 6.45) is -0.428. The molecule has 1 aliphatic heterocycles. The van der Waals surface area contributed by atoms with E-state index in [0.717, 1.165) is 24.8 Å². The number of anilines is 1. The van der Waals surface area contributed by atoms with Crippen LogP contribution in [0.2, 0.25) is 5.28 Å². The Bertz CT molecular complexity index is 1150. The van der Waals surface area contributed by atoms with Gasteiger partial charge in [0.05, 0.1) is 31.7 Å². The topological polar surface area (TPSA) is 135 Å². The molecule has 10 nitrogen and oxygen atoms in total. The number of nitrogens with one attached hydrogen (secondary N) is 1. The van der Waals surface area contributed by atoms with Crippen molar-refractivity contribution < 1.29 is 29.2 Å². The third-order valence-corrected chi connectivity index (χ3v) is 6.51. The lowest BCUT2D eigenvalue weighted by atomic mass is 10.1. The van der Waals surface area contributed by atoms with Crippen molar-refractivity contribution in [1.82, 2.24) is 19.5 Å². The molecule has 12 heteroatoms. The van der Waals surface area contributed by atoms with E-state index >= 15 is 0 Å². The number of hydrogen-bond acceptors (Lipinski definition) is 9. The smallest absolute Gasteiger partial charge is 0.226 e. The Labute approximate surface area is 199 Å². The van der Waals surface area contributed by atoms with Crippen molar-refractivity contribution >= 4 is 28.6 Å². The maximum Gasteiger partial charge on any atom is 0.226 e. The summed E-state index contributed by atoms with van der Waals surface area (Å²) in [5.41, 5.74) is 1.63. The molecule has 1 aliphatic carbocycles. The van der Waals surface area contributed by atoms with Gasteiger partial charge in [0, 0.05) is 0 Å². The summed E-state index contributed by atoms with van der Waals surface area (Å²) in [5.74, 6) is 0.132. The van der Waals surface area contributed by atoms with Gasteiger partial charge >= 0.3 is 0 Å². The molecule has 2 aromatic heterocycles. The number of halogens is 2. The summed E-state index contributed by atoms with van der Waals surface area (Å²) in [5, 5.41) is 33.2. The summed E-state index contributed by atoms with van der Waals surface area (Å²) in [6.45, 7) is -0.0756. The largest absolute Gasteiger partial charge is 0.394 e. The van der Waals surface area contributed by atoms with Crippen LogP contribution in [0.4, 0.5) is 10.2 Å². The lowest BCUT2D eigenvalue weighted by molar-refractivity contribution is -0.0511. The van der Waals surface area contributed by atoms with Gasteiger partial charge in [0.1, 0.15) is 24.1 Å². The Morgan fingerprint density at radius 1 is 1.18 bits per heavy atom. The number of imidazole rings is 1. The van der Waals surface area contributed by atoms with Gasteiger partial charge in [-0.25, -0.2) is 9.37 Å². The van der Waals surface area contributed by atoms with Gasteiger partial charge in [-0.2, -0.15) is 9.97 Å². The predicted octanol–water partition coefficient (Wildman–Crippen LogP) is 1.78. The van der Waals surface area contributed by atoms with Crippen LogP contribution in [0.25, 0.3) is 11.2 Å². The molecule has 3 aromatic rings. The van der Waals surface area contributed by atoms with E-state index in [4.69, 9.17) is 21.1 Å². The van der Waals surface area contributed by atoms with E-state index in [2.05, 4.69) is 20.3 Å². The number of aliphatic hydroxyl groups excluding tert-OH is 3. The molecular formula is C22H25ClFN5O5. The zero-order valence-corrected chi connectivity index (χ0v) is 18.8. The van der Waals surface area contributed by atoms with Crippen molar-refractivity contribution in [3.63, 3.8) is 0 Å². The number of ether oxygens (including phenoxy) is 2. The minimum absolute atomic E-state index is 0.0229. The van der Waals surface area contributed by atoms with Gasteiger partial charge in [0.15, 0.2) is 23.2 Å². The summed E-state index contributed by atoms with van der Waals surface area (Å²) in [4.78, 5) is 12.9. The Hall–Kier alpha value is -2.41. The van der Waals surface area contributed by atoms with Crippen LogP contribution >= 0.6 is 11.6 Å². The van der Waals surface area contributed by atoms with Crippen LogP contribution in [0, 0.1) is 5.82 Å². The van der Waals surface area contributed by atoms with Crippen molar-refractivity contribution in [2.75, 3.05) is 11.9 Å². The van der Waals surface area contributed by atoms with Crippen LogP contribution in [-0.4, -0.2) is 71.9 Å². The second-order valence-corrected chi connectivity index (χ2v) is 8.89. The SMILES string of the molecule is OCC1OC(n2cnc3c(N[C@H]4CCCC4OCc4ccc(F)cc4)nc(Cl)nc32)[C@H](O)[C@@H]1O. The van der Waals surface area contributed by atoms with Crippen LogP contribution in [0.5, 0.6) is 0 Å². The Morgan fingerprint density at radius 3 is 2.71 bits per heavy atom. The zero-order valence-electron chi connectivity index (χ0n) is 18.1. The van der Waals surface area contributed by atoms with Crippen molar-refractivity contribution in [1.29, 1.82) is 0 Å². The normalized spacial score (nSPS) is 29.2. The van der Waals surface area contributed by atoms with Crippen LogP contribution in [0.1, 0.15) is 31.1 Å². The standard InChI is InChI=1S/C22H25ClFN5O5/c23-22-27-19(26-13-2-1-3-14(13)33-9-11-4-6-12(24)7-5-11)16-20(28-22)29(10-25-16)21-18(32)17(31)15(8-30)34-21/h4-7,10,13-15,17-18,21,30-32H,1-3,8-9H2,(H,26,27,28)/t13-,14?,15?,17+,18+,21?/m0/s1. The van der Waals surface area contributed by atoms with E-state index in [0.29, 0.717) is 23.6 Å². The third-order valence-electron chi connectivity index (χ3n) is 6.34. The van der Waals surface area contributed by atoms with Gasteiger partial charge in [-0.1, -0.05) is 12.1 Å². The summed E-state index contributed by atoms with van der Waals surface area (Å²) in [7, 11) is 0. The average molecular weight is 494 g/mol. The minimum Gasteiger partial charge on any atom is -0.394 e. The van der Waals surface area contributed by atoms with Crippen LogP contribution in [0.3, 0.4) is 0 Å². The number of hydrogen-bond donors (Lipinski definition) is 4. The second-order valence-electron chi connectivity index (χ2n) is 8.55. The molecule has 3 heterocycles. The molecule has 182 valence electrons. The van der Waals surface area contributed by atoms with E-state index in [9.17, 15) is 19.7 Å². The van der Waals surface area contributed by atoms with Crippen LogP contribution < -0.4 is 5.32 Å². The van der Waals surface area contributed by atoms with Crippen molar-refractivity contribution in [2.24, 2.45) is 0 Å². The van der Waals surface area contributed by atoms with Gasteiger partial charge in [0.25, 0.3) is 0 Å². The molecule has 5 rings (SSSR count). The van der Waals surface area contributed by atoms with E-state index < -0.39 is 31.1 Å². The van der Waals surface area contributed by atoms with Gasteiger partial charge in [-0.05, 0) is 48.6 Å². The van der Waals surface area contributed by atoms with Crippen molar-refractivity contribution in [3.05, 3.63) is 47.3 Å². The number of aromatic nitrogens is 4. The summed E-state index contributed by atoms with van der Waals surface area (Å²) in [6, 6.07) is 6.17. The first kappa shape index (κ1) is 23.3. The quantitative estimate of drug-likeness (QED) is 0.363. The number of rotatable bonds is 7. The summed E-state index contributed by atoms with van der Waals surface area (Å²) < 4.78 is 26.3. The number of nitrogens with zero attached hydrogens (tertiary/aromatic N) is 4.